The number of thiocarbonyl (C=S) groups is 1. The Balaban J connectivity index is 2.13. The van der Waals surface area contributed by atoms with E-state index in [4.69, 9.17) is 18.0 Å². The molecule has 2 nitrogen and oxygen atoms in total. The van der Waals surface area contributed by atoms with Gasteiger partial charge in [-0.05, 0) is 49.1 Å². The second-order valence-corrected chi connectivity index (χ2v) is 5.76. The second-order valence-electron chi connectivity index (χ2n) is 5.32. The highest BCUT2D eigenvalue weighted by Gasteiger charge is 2.19. The first-order valence-electron chi connectivity index (χ1n) is 6.90. The Hall–Kier alpha value is -1.00. The van der Waals surface area contributed by atoms with Gasteiger partial charge in [-0.1, -0.05) is 25.6 Å². The molecule has 0 spiro atoms. The van der Waals surface area contributed by atoms with Crippen LogP contribution in [0.4, 0.5) is 4.39 Å². The number of benzene rings is 1. The van der Waals surface area contributed by atoms with E-state index in [1.165, 1.54) is 25.3 Å². The van der Waals surface area contributed by atoms with Gasteiger partial charge in [0.15, 0.2) is 0 Å². The summed E-state index contributed by atoms with van der Waals surface area (Å²) >= 11 is 5.04. The number of likely N-dealkylation sites (tertiary alicyclic amines) is 1. The van der Waals surface area contributed by atoms with E-state index in [0.717, 1.165) is 36.7 Å². The average Bonchev–Trinajstić information content (AvgIpc) is 2.38. The van der Waals surface area contributed by atoms with Gasteiger partial charge in [-0.15, -0.1) is 0 Å². The zero-order valence-electron chi connectivity index (χ0n) is 11.4. The van der Waals surface area contributed by atoms with E-state index in [2.05, 4.69) is 11.8 Å². The van der Waals surface area contributed by atoms with E-state index in [1.807, 2.05) is 0 Å². The molecule has 2 N–H and O–H groups in total. The molecule has 0 aliphatic carbocycles. The summed E-state index contributed by atoms with van der Waals surface area (Å²) < 4.78 is 13.4. The number of nitrogens with zero attached hydrogens (tertiary/aromatic N) is 1. The second kappa shape index (κ2) is 6.44. The lowest BCUT2D eigenvalue weighted by atomic mass is 9.95. The number of hydrogen-bond acceptors (Lipinski definition) is 2. The molecule has 1 saturated heterocycles. The van der Waals surface area contributed by atoms with Crippen LogP contribution in [0.2, 0.25) is 0 Å². The lowest BCUT2D eigenvalue weighted by Crippen LogP contribution is -2.35. The van der Waals surface area contributed by atoms with Crippen LogP contribution in [-0.4, -0.2) is 23.0 Å². The summed E-state index contributed by atoms with van der Waals surface area (Å²) in [6.07, 6.45) is 3.73. The third-order valence-corrected chi connectivity index (χ3v) is 4.13. The van der Waals surface area contributed by atoms with Crippen molar-refractivity contribution in [3.8, 4) is 0 Å². The minimum Gasteiger partial charge on any atom is -0.389 e. The number of nitrogens with two attached hydrogens (primary N) is 1. The molecule has 1 unspecified atom stereocenters. The highest BCUT2D eigenvalue weighted by atomic mass is 32.1. The number of halogens is 1. The molecule has 0 radical (unpaired) electrons. The normalized spacial score (nSPS) is 20.4. The Labute approximate surface area is 119 Å². The first kappa shape index (κ1) is 14.4. The first-order valence-corrected chi connectivity index (χ1v) is 7.31. The van der Waals surface area contributed by atoms with Gasteiger partial charge in [0.1, 0.15) is 10.8 Å². The Kier molecular flexibility index (Phi) is 4.88. The number of piperidine rings is 1. The Morgan fingerprint density at radius 3 is 3.00 bits per heavy atom. The average molecular weight is 280 g/mol. The fourth-order valence-corrected chi connectivity index (χ4v) is 3.00. The summed E-state index contributed by atoms with van der Waals surface area (Å²) in [4.78, 5) is 2.73. The molecule has 1 fully saturated rings. The van der Waals surface area contributed by atoms with Crippen molar-refractivity contribution < 1.29 is 4.39 Å². The van der Waals surface area contributed by atoms with Crippen molar-refractivity contribution in [3.63, 3.8) is 0 Å². The fraction of sp³-hybridized carbons (Fsp3) is 0.533. The molecule has 4 heteroatoms. The molecule has 1 aromatic carbocycles. The molecule has 0 amide bonds. The number of hydrogen-bond donors (Lipinski definition) is 1. The van der Waals surface area contributed by atoms with Crippen molar-refractivity contribution in [2.24, 2.45) is 11.7 Å². The van der Waals surface area contributed by atoms with E-state index < -0.39 is 0 Å². The summed E-state index contributed by atoms with van der Waals surface area (Å²) in [6, 6.07) is 4.67. The van der Waals surface area contributed by atoms with Gasteiger partial charge in [0.2, 0.25) is 0 Å². The summed E-state index contributed by atoms with van der Waals surface area (Å²) in [5.41, 5.74) is 7.42. The summed E-state index contributed by atoms with van der Waals surface area (Å²) in [5, 5.41) is 0. The zero-order chi connectivity index (χ0) is 13.8. The molecule has 1 atom stereocenters. The molecule has 19 heavy (non-hydrogen) atoms. The summed E-state index contributed by atoms with van der Waals surface area (Å²) in [6.45, 7) is 5.13. The van der Waals surface area contributed by atoms with Gasteiger partial charge in [0.05, 0.1) is 0 Å². The predicted molar refractivity (Wildman–Crippen MR) is 80.6 cm³/mol. The number of rotatable bonds is 4. The SMILES string of the molecule is CCC1CCCN(Cc2cc(F)ccc2C(N)=S)C1. The first-order chi connectivity index (χ1) is 9.10. The van der Waals surface area contributed by atoms with Gasteiger partial charge in [-0.2, -0.15) is 0 Å². The molecule has 0 saturated carbocycles. The Bertz CT molecular complexity index is 461. The van der Waals surface area contributed by atoms with Gasteiger partial charge in [0, 0.05) is 18.7 Å². The van der Waals surface area contributed by atoms with Gasteiger partial charge in [-0.3, -0.25) is 4.90 Å². The fourth-order valence-electron chi connectivity index (χ4n) is 2.80. The molecular formula is C15H21FN2S. The van der Waals surface area contributed by atoms with Crippen LogP contribution < -0.4 is 5.73 Å². The van der Waals surface area contributed by atoms with Crippen LogP contribution in [0.15, 0.2) is 18.2 Å². The van der Waals surface area contributed by atoms with E-state index in [1.54, 1.807) is 12.1 Å². The maximum absolute atomic E-state index is 13.4. The Morgan fingerprint density at radius 1 is 1.53 bits per heavy atom. The monoisotopic (exact) mass is 280 g/mol. The van der Waals surface area contributed by atoms with E-state index in [9.17, 15) is 4.39 Å². The van der Waals surface area contributed by atoms with Crippen molar-refractivity contribution in [3.05, 3.63) is 35.1 Å². The smallest absolute Gasteiger partial charge is 0.123 e. The third kappa shape index (κ3) is 3.74. The van der Waals surface area contributed by atoms with E-state index in [-0.39, 0.29) is 5.82 Å². The summed E-state index contributed by atoms with van der Waals surface area (Å²) in [5.74, 6) is 0.537. The van der Waals surface area contributed by atoms with Crippen LogP contribution in [0.5, 0.6) is 0 Å². The minimum atomic E-state index is -0.223. The largest absolute Gasteiger partial charge is 0.389 e. The van der Waals surface area contributed by atoms with Crippen molar-refractivity contribution in [1.82, 2.24) is 4.90 Å². The van der Waals surface area contributed by atoms with E-state index in [0.29, 0.717) is 4.99 Å². The van der Waals surface area contributed by atoms with Crippen LogP contribution in [-0.2, 0) is 6.54 Å². The minimum absolute atomic E-state index is 0.223. The molecule has 1 aliphatic rings. The van der Waals surface area contributed by atoms with Crippen LogP contribution in [0.3, 0.4) is 0 Å². The van der Waals surface area contributed by atoms with E-state index >= 15 is 0 Å². The van der Waals surface area contributed by atoms with Crippen molar-refractivity contribution in [2.75, 3.05) is 13.1 Å². The lowest BCUT2D eigenvalue weighted by Gasteiger charge is -2.32. The molecule has 0 bridgehead atoms. The molecule has 104 valence electrons. The van der Waals surface area contributed by atoms with Gasteiger partial charge in [0.25, 0.3) is 0 Å². The highest BCUT2D eigenvalue weighted by Crippen LogP contribution is 2.22. The molecule has 1 heterocycles. The molecule has 0 aromatic heterocycles. The standard InChI is InChI=1S/C15H21FN2S/c1-2-11-4-3-7-18(9-11)10-12-8-13(16)5-6-14(12)15(17)19/h5-6,8,11H,2-4,7,9-10H2,1H3,(H2,17,19). The van der Waals surface area contributed by atoms with Crippen LogP contribution in [0, 0.1) is 11.7 Å². The zero-order valence-corrected chi connectivity index (χ0v) is 12.2. The quantitative estimate of drug-likeness (QED) is 0.859. The predicted octanol–water partition coefficient (Wildman–Crippen LogP) is 3.08. The summed E-state index contributed by atoms with van der Waals surface area (Å²) in [7, 11) is 0. The van der Waals surface area contributed by atoms with Crippen molar-refractivity contribution in [2.45, 2.75) is 32.7 Å². The maximum Gasteiger partial charge on any atom is 0.123 e. The van der Waals surface area contributed by atoms with Gasteiger partial charge < -0.3 is 5.73 Å². The van der Waals surface area contributed by atoms with Crippen LogP contribution in [0.1, 0.15) is 37.3 Å². The third-order valence-electron chi connectivity index (χ3n) is 3.91. The highest BCUT2D eigenvalue weighted by molar-refractivity contribution is 7.80. The van der Waals surface area contributed by atoms with Crippen molar-refractivity contribution in [1.29, 1.82) is 0 Å². The lowest BCUT2D eigenvalue weighted by molar-refractivity contribution is 0.164. The topological polar surface area (TPSA) is 29.3 Å². The molecular weight excluding hydrogens is 259 g/mol. The Morgan fingerprint density at radius 2 is 2.32 bits per heavy atom. The van der Waals surface area contributed by atoms with Crippen LogP contribution in [0.25, 0.3) is 0 Å². The molecule has 1 aromatic rings. The maximum atomic E-state index is 13.4. The van der Waals surface area contributed by atoms with Crippen LogP contribution >= 0.6 is 12.2 Å². The van der Waals surface area contributed by atoms with Crippen molar-refractivity contribution >= 4 is 17.2 Å². The molecule has 2 rings (SSSR count). The van der Waals surface area contributed by atoms with Gasteiger partial charge in [-0.25, -0.2) is 4.39 Å². The molecule has 1 aliphatic heterocycles. The van der Waals surface area contributed by atoms with Gasteiger partial charge >= 0.3 is 0 Å².